The van der Waals surface area contributed by atoms with Gasteiger partial charge >= 0.3 is 0 Å². The van der Waals surface area contributed by atoms with Gasteiger partial charge < -0.3 is 4.74 Å². The third-order valence-electron chi connectivity index (χ3n) is 2.31. The summed E-state index contributed by atoms with van der Waals surface area (Å²) < 4.78 is 10.8. The molecule has 4 nitrogen and oxygen atoms in total. The highest BCUT2D eigenvalue weighted by Crippen LogP contribution is 2.20. The van der Waals surface area contributed by atoms with Crippen molar-refractivity contribution >= 4 is 23.3 Å². The van der Waals surface area contributed by atoms with E-state index in [4.69, 9.17) is 10.00 Å². The van der Waals surface area contributed by atoms with Crippen molar-refractivity contribution < 1.29 is 4.74 Å². The quantitative estimate of drug-likeness (QED) is 0.604. The number of hydrogen-bond acceptors (Lipinski definition) is 6. The second-order valence-corrected chi connectivity index (χ2v) is 5.76. The van der Waals surface area contributed by atoms with E-state index in [0.717, 1.165) is 28.1 Å². The average molecular weight is 291 g/mol. The van der Waals surface area contributed by atoms with Crippen molar-refractivity contribution in [3.8, 4) is 11.8 Å². The van der Waals surface area contributed by atoms with E-state index in [2.05, 4.69) is 15.4 Å². The molecule has 1 aromatic carbocycles. The number of thioether (sulfide) groups is 1. The van der Waals surface area contributed by atoms with Crippen LogP contribution in [-0.2, 0) is 6.42 Å². The van der Waals surface area contributed by atoms with Gasteiger partial charge in [-0.15, -0.1) is 0 Å². The minimum Gasteiger partial charge on any atom is -0.493 e. The van der Waals surface area contributed by atoms with Crippen LogP contribution in [0.5, 0.6) is 5.75 Å². The standard InChI is InChI=1S/C13H13N3OS2/c1-2-12-15-13(19-16-12)18-7-6-17-11-5-3-4-10(8-11)9-14/h3-5,8H,2,6-7H2,1H3. The van der Waals surface area contributed by atoms with Crippen LogP contribution >= 0.6 is 23.3 Å². The molecule has 0 fully saturated rings. The van der Waals surface area contributed by atoms with E-state index in [9.17, 15) is 0 Å². The van der Waals surface area contributed by atoms with Crippen molar-refractivity contribution in [1.82, 2.24) is 9.36 Å². The summed E-state index contributed by atoms with van der Waals surface area (Å²) in [5.41, 5.74) is 0.613. The Morgan fingerprint density at radius 1 is 1.47 bits per heavy atom. The molecule has 0 spiro atoms. The molecular formula is C13H13N3OS2. The number of benzene rings is 1. The summed E-state index contributed by atoms with van der Waals surface area (Å²) >= 11 is 3.07. The van der Waals surface area contributed by atoms with Crippen LogP contribution in [0.4, 0.5) is 0 Å². The zero-order valence-electron chi connectivity index (χ0n) is 10.5. The average Bonchev–Trinajstić information content (AvgIpc) is 2.92. The second kappa shape index (κ2) is 7.12. The molecule has 0 N–H and O–H groups in total. The molecule has 1 aromatic heterocycles. The number of aromatic nitrogens is 2. The molecule has 2 rings (SSSR count). The maximum atomic E-state index is 8.78. The summed E-state index contributed by atoms with van der Waals surface area (Å²) in [4.78, 5) is 4.37. The van der Waals surface area contributed by atoms with Crippen molar-refractivity contribution in [1.29, 1.82) is 5.26 Å². The predicted molar refractivity (Wildman–Crippen MR) is 76.7 cm³/mol. The Morgan fingerprint density at radius 2 is 2.37 bits per heavy atom. The molecule has 0 aliphatic carbocycles. The summed E-state index contributed by atoms with van der Waals surface area (Å²) in [6.07, 6.45) is 0.870. The van der Waals surface area contributed by atoms with Crippen molar-refractivity contribution in [3.63, 3.8) is 0 Å². The topological polar surface area (TPSA) is 58.8 Å². The van der Waals surface area contributed by atoms with Crippen LogP contribution in [-0.4, -0.2) is 21.7 Å². The summed E-state index contributed by atoms with van der Waals surface area (Å²) in [5.74, 6) is 2.44. The molecule has 6 heteroatoms. The Morgan fingerprint density at radius 3 is 3.11 bits per heavy atom. The summed E-state index contributed by atoms with van der Waals surface area (Å²) in [6.45, 7) is 2.63. The molecule has 0 atom stereocenters. The van der Waals surface area contributed by atoms with Crippen LogP contribution in [0.1, 0.15) is 18.3 Å². The van der Waals surface area contributed by atoms with Crippen molar-refractivity contribution in [2.75, 3.05) is 12.4 Å². The number of rotatable bonds is 6. The summed E-state index contributed by atoms with van der Waals surface area (Å²) in [5, 5.41) is 8.78. The molecule has 0 saturated heterocycles. The first-order valence-corrected chi connectivity index (χ1v) is 7.66. The lowest BCUT2D eigenvalue weighted by molar-refractivity contribution is 0.344. The van der Waals surface area contributed by atoms with E-state index < -0.39 is 0 Å². The monoisotopic (exact) mass is 291 g/mol. The van der Waals surface area contributed by atoms with Gasteiger partial charge in [-0.25, -0.2) is 4.98 Å². The van der Waals surface area contributed by atoms with E-state index in [0.29, 0.717) is 12.2 Å². The van der Waals surface area contributed by atoms with Crippen LogP contribution < -0.4 is 4.74 Å². The zero-order valence-corrected chi connectivity index (χ0v) is 12.1. The highest BCUT2D eigenvalue weighted by atomic mass is 32.2. The Hall–Kier alpha value is -1.58. The first kappa shape index (κ1) is 13.8. The van der Waals surface area contributed by atoms with Gasteiger partial charge in [0.2, 0.25) is 0 Å². The molecule has 2 aromatic rings. The van der Waals surface area contributed by atoms with Crippen LogP contribution in [0, 0.1) is 11.3 Å². The van der Waals surface area contributed by atoms with E-state index in [1.165, 1.54) is 11.5 Å². The molecule has 0 radical (unpaired) electrons. The Kier molecular flexibility index (Phi) is 5.19. The zero-order chi connectivity index (χ0) is 13.5. The first-order chi connectivity index (χ1) is 9.31. The number of nitriles is 1. The molecule has 0 saturated carbocycles. The van der Waals surface area contributed by atoms with Gasteiger partial charge in [-0.3, -0.25) is 0 Å². The van der Waals surface area contributed by atoms with E-state index in [1.807, 2.05) is 19.1 Å². The molecule has 19 heavy (non-hydrogen) atoms. The second-order valence-electron chi connectivity index (χ2n) is 3.67. The lowest BCUT2D eigenvalue weighted by Crippen LogP contribution is -2.00. The predicted octanol–water partition coefficient (Wildman–Crippen LogP) is 3.14. The van der Waals surface area contributed by atoms with Gasteiger partial charge in [-0.05, 0) is 29.7 Å². The molecule has 1 heterocycles. The maximum Gasteiger partial charge on any atom is 0.170 e. The minimum atomic E-state index is 0.584. The Bertz CT molecular complexity index is 577. The van der Waals surface area contributed by atoms with Gasteiger partial charge in [0.1, 0.15) is 11.6 Å². The smallest absolute Gasteiger partial charge is 0.170 e. The van der Waals surface area contributed by atoms with Crippen molar-refractivity contribution in [2.45, 2.75) is 17.7 Å². The SMILES string of the molecule is CCc1nsc(SCCOc2cccc(C#N)c2)n1. The van der Waals surface area contributed by atoms with Gasteiger partial charge in [-0.1, -0.05) is 24.8 Å². The van der Waals surface area contributed by atoms with Gasteiger partial charge in [0, 0.05) is 12.2 Å². The number of ether oxygens (including phenoxy) is 1. The van der Waals surface area contributed by atoms with E-state index >= 15 is 0 Å². The summed E-state index contributed by atoms with van der Waals surface area (Å²) in [6, 6.07) is 9.26. The van der Waals surface area contributed by atoms with Crippen LogP contribution in [0.3, 0.4) is 0 Å². The highest BCUT2D eigenvalue weighted by molar-refractivity contribution is 8.00. The number of aryl methyl sites for hydroxylation is 1. The third kappa shape index (κ3) is 4.23. The van der Waals surface area contributed by atoms with Crippen molar-refractivity contribution in [2.24, 2.45) is 0 Å². The normalized spacial score (nSPS) is 10.1. The van der Waals surface area contributed by atoms with Crippen LogP contribution in [0.15, 0.2) is 28.6 Å². The van der Waals surface area contributed by atoms with Crippen molar-refractivity contribution in [3.05, 3.63) is 35.7 Å². The van der Waals surface area contributed by atoms with Gasteiger partial charge in [0.15, 0.2) is 4.34 Å². The Balaban J connectivity index is 1.76. The molecule has 0 aliphatic heterocycles. The van der Waals surface area contributed by atoms with Gasteiger partial charge in [0.25, 0.3) is 0 Å². The summed E-state index contributed by atoms with van der Waals surface area (Å²) in [7, 11) is 0. The third-order valence-corrected chi connectivity index (χ3v) is 4.14. The molecular weight excluding hydrogens is 278 g/mol. The maximum absolute atomic E-state index is 8.78. The Labute approximate surface area is 120 Å². The lowest BCUT2D eigenvalue weighted by atomic mass is 10.2. The molecule has 0 bridgehead atoms. The molecule has 0 amide bonds. The number of hydrogen-bond donors (Lipinski definition) is 0. The van der Waals surface area contributed by atoms with E-state index in [-0.39, 0.29) is 0 Å². The van der Waals surface area contributed by atoms with Gasteiger partial charge in [-0.2, -0.15) is 9.64 Å². The van der Waals surface area contributed by atoms with E-state index in [1.54, 1.807) is 23.9 Å². The molecule has 0 unspecified atom stereocenters. The van der Waals surface area contributed by atoms with Crippen LogP contribution in [0.2, 0.25) is 0 Å². The largest absolute Gasteiger partial charge is 0.493 e. The lowest BCUT2D eigenvalue weighted by Gasteiger charge is -2.04. The fourth-order valence-electron chi connectivity index (χ4n) is 1.38. The fraction of sp³-hybridized carbons (Fsp3) is 0.308. The minimum absolute atomic E-state index is 0.584. The molecule has 98 valence electrons. The first-order valence-electron chi connectivity index (χ1n) is 5.90. The highest BCUT2D eigenvalue weighted by Gasteiger charge is 2.03. The fourth-order valence-corrected chi connectivity index (χ4v) is 2.97. The number of nitrogens with zero attached hydrogens (tertiary/aromatic N) is 3. The van der Waals surface area contributed by atoms with Crippen LogP contribution in [0.25, 0.3) is 0 Å². The molecule has 0 aliphatic rings. The van der Waals surface area contributed by atoms with Gasteiger partial charge in [0.05, 0.1) is 18.2 Å².